The Morgan fingerprint density at radius 2 is 1.78 bits per heavy atom. The number of para-hydroxylation sites is 2. The number of rotatable bonds is 2. The molecule has 5 heteroatoms. The molecule has 0 unspecified atom stereocenters. The number of hydrogen-bond acceptors (Lipinski definition) is 2. The first-order valence-corrected chi connectivity index (χ1v) is 5.94. The lowest BCUT2D eigenvalue weighted by Crippen LogP contribution is -2.13. The summed E-state index contributed by atoms with van der Waals surface area (Å²) in [7, 11) is 0. The first-order chi connectivity index (χ1) is 8.58. The summed E-state index contributed by atoms with van der Waals surface area (Å²) in [4.78, 5) is 12.0. The molecule has 92 valence electrons. The second-order valence-corrected chi connectivity index (χ2v) is 4.48. The molecule has 0 saturated heterocycles. The van der Waals surface area contributed by atoms with Gasteiger partial charge in [0.25, 0.3) is 5.91 Å². The van der Waals surface area contributed by atoms with E-state index in [-0.39, 0.29) is 5.91 Å². The van der Waals surface area contributed by atoms with Gasteiger partial charge in [0.15, 0.2) is 0 Å². The average Bonchev–Trinajstić information content (AvgIpc) is 2.35. The van der Waals surface area contributed by atoms with Crippen LogP contribution in [0.3, 0.4) is 0 Å². The summed E-state index contributed by atoms with van der Waals surface area (Å²) in [6.07, 6.45) is 0. The van der Waals surface area contributed by atoms with Gasteiger partial charge >= 0.3 is 0 Å². The van der Waals surface area contributed by atoms with Crippen LogP contribution in [-0.2, 0) is 0 Å². The monoisotopic (exact) mass is 280 g/mol. The van der Waals surface area contributed by atoms with E-state index in [4.69, 9.17) is 28.9 Å². The van der Waals surface area contributed by atoms with E-state index >= 15 is 0 Å². The van der Waals surface area contributed by atoms with Crippen molar-refractivity contribution < 1.29 is 4.79 Å². The van der Waals surface area contributed by atoms with Crippen molar-refractivity contribution in [3.63, 3.8) is 0 Å². The number of benzene rings is 2. The summed E-state index contributed by atoms with van der Waals surface area (Å²) in [6.45, 7) is 0. The van der Waals surface area contributed by atoms with Gasteiger partial charge in [-0.1, -0.05) is 35.3 Å². The maximum Gasteiger partial charge on any atom is 0.255 e. The summed E-state index contributed by atoms with van der Waals surface area (Å²) < 4.78 is 0. The highest BCUT2D eigenvalue weighted by molar-refractivity contribution is 6.42. The zero-order chi connectivity index (χ0) is 13.1. The molecule has 1 amide bonds. The van der Waals surface area contributed by atoms with E-state index in [2.05, 4.69) is 5.32 Å². The zero-order valence-corrected chi connectivity index (χ0v) is 10.8. The molecule has 0 spiro atoms. The topological polar surface area (TPSA) is 55.1 Å². The summed E-state index contributed by atoms with van der Waals surface area (Å²) >= 11 is 11.6. The SMILES string of the molecule is Nc1ccccc1NC(=O)c1ccc(Cl)c(Cl)c1. The van der Waals surface area contributed by atoms with E-state index in [1.165, 1.54) is 6.07 Å². The fraction of sp³-hybridized carbons (Fsp3) is 0. The number of nitrogens with one attached hydrogen (secondary N) is 1. The van der Waals surface area contributed by atoms with Crippen LogP contribution >= 0.6 is 23.2 Å². The van der Waals surface area contributed by atoms with Gasteiger partial charge in [-0.3, -0.25) is 4.79 Å². The highest BCUT2D eigenvalue weighted by Crippen LogP contribution is 2.24. The van der Waals surface area contributed by atoms with Crippen LogP contribution in [0.15, 0.2) is 42.5 Å². The van der Waals surface area contributed by atoms with Crippen LogP contribution in [0, 0.1) is 0 Å². The minimum atomic E-state index is -0.286. The van der Waals surface area contributed by atoms with E-state index < -0.39 is 0 Å². The molecule has 0 saturated carbocycles. The van der Waals surface area contributed by atoms with Gasteiger partial charge in [-0.25, -0.2) is 0 Å². The van der Waals surface area contributed by atoms with Crippen molar-refractivity contribution in [2.45, 2.75) is 0 Å². The second-order valence-electron chi connectivity index (χ2n) is 3.67. The quantitative estimate of drug-likeness (QED) is 0.822. The summed E-state index contributed by atoms with van der Waals surface area (Å²) in [6, 6.07) is 11.7. The number of nitrogen functional groups attached to an aromatic ring is 1. The Morgan fingerprint density at radius 3 is 2.44 bits per heavy atom. The predicted molar refractivity (Wildman–Crippen MR) is 75.3 cm³/mol. The number of amides is 1. The molecule has 2 aromatic carbocycles. The van der Waals surface area contributed by atoms with Crippen molar-refractivity contribution in [2.24, 2.45) is 0 Å². The van der Waals surface area contributed by atoms with Crippen LogP contribution < -0.4 is 11.1 Å². The third-order valence-corrected chi connectivity index (χ3v) is 3.13. The maximum atomic E-state index is 12.0. The minimum absolute atomic E-state index is 0.286. The molecule has 3 nitrogen and oxygen atoms in total. The van der Waals surface area contributed by atoms with Gasteiger partial charge < -0.3 is 11.1 Å². The minimum Gasteiger partial charge on any atom is -0.397 e. The molecule has 0 aliphatic rings. The molecule has 0 fully saturated rings. The molecular weight excluding hydrogens is 271 g/mol. The molecule has 0 bridgehead atoms. The Bertz CT molecular complexity index is 599. The summed E-state index contributed by atoms with van der Waals surface area (Å²) in [5.41, 5.74) is 7.23. The Labute approximate surface area is 115 Å². The van der Waals surface area contributed by atoms with E-state index in [0.29, 0.717) is 27.0 Å². The Kier molecular flexibility index (Phi) is 3.75. The second kappa shape index (κ2) is 5.29. The third-order valence-electron chi connectivity index (χ3n) is 2.39. The van der Waals surface area contributed by atoms with Crippen molar-refractivity contribution >= 4 is 40.5 Å². The number of anilines is 2. The highest BCUT2D eigenvalue weighted by atomic mass is 35.5. The van der Waals surface area contributed by atoms with Gasteiger partial charge in [0.05, 0.1) is 21.4 Å². The molecule has 0 radical (unpaired) electrons. The molecule has 0 aliphatic carbocycles. The molecule has 0 aromatic heterocycles. The van der Waals surface area contributed by atoms with Gasteiger partial charge in [-0.2, -0.15) is 0 Å². The molecular formula is C13H10Cl2N2O. The Morgan fingerprint density at radius 1 is 1.06 bits per heavy atom. The number of carbonyl (C=O) groups excluding carboxylic acids is 1. The van der Waals surface area contributed by atoms with E-state index in [1.54, 1.807) is 36.4 Å². The summed E-state index contributed by atoms with van der Waals surface area (Å²) in [5.74, 6) is -0.286. The van der Waals surface area contributed by atoms with Gasteiger partial charge in [-0.15, -0.1) is 0 Å². The van der Waals surface area contributed by atoms with Crippen LogP contribution in [0.1, 0.15) is 10.4 Å². The number of carbonyl (C=O) groups is 1. The molecule has 18 heavy (non-hydrogen) atoms. The first kappa shape index (κ1) is 12.7. The molecule has 0 atom stereocenters. The lowest BCUT2D eigenvalue weighted by Gasteiger charge is -2.08. The Hall–Kier alpha value is -1.71. The van der Waals surface area contributed by atoms with Gasteiger partial charge in [0.2, 0.25) is 0 Å². The van der Waals surface area contributed by atoms with Gasteiger partial charge in [0, 0.05) is 5.56 Å². The normalized spacial score (nSPS) is 10.1. The molecule has 3 N–H and O–H groups in total. The van der Waals surface area contributed by atoms with Crippen LogP contribution in [0.2, 0.25) is 10.0 Å². The molecule has 0 aliphatic heterocycles. The molecule has 2 rings (SSSR count). The number of hydrogen-bond donors (Lipinski definition) is 2. The van der Waals surface area contributed by atoms with Crippen LogP contribution in [0.4, 0.5) is 11.4 Å². The van der Waals surface area contributed by atoms with Crippen molar-refractivity contribution in [3.8, 4) is 0 Å². The smallest absolute Gasteiger partial charge is 0.255 e. The standard InChI is InChI=1S/C13H10Cl2N2O/c14-9-6-5-8(7-10(9)15)13(18)17-12-4-2-1-3-11(12)16/h1-7H,16H2,(H,17,18). The third kappa shape index (κ3) is 2.75. The van der Waals surface area contributed by atoms with Crippen molar-refractivity contribution in [3.05, 3.63) is 58.1 Å². The predicted octanol–water partition coefficient (Wildman–Crippen LogP) is 3.83. The number of nitrogens with two attached hydrogens (primary N) is 1. The Balaban J connectivity index is 2.22. The van der Waals surface area contributed by atoms with E-state index in [1.807, 2.05) is 0 Å². The van der Waals surface area contributed by atoms with Gasteiger partial charge in [-0.05, 0) is 30.3 Å². The van der Waals surface area contributed by atoms with Crippen LogP contribution in [0.5, 0.6) is 0 Å². The molecule has 0 heterocycles. The largest absolute Gasteiger partial charge is 0.397 e. The summed E-state index contributed by atoms with van der Waals surface area (Å²) in [5, 5.41) is 3.46. The lowest BCUT2D eigenvalue weighted by molar-refractivity contribution is 0.102. The fourth-order valence-electron chi connectivity index (χ4n) is 1.44. The first-order valence-electron chi connectivity index (χ1n) is 5.19. The molecule has 2 aromatic rings. The van der Waals surface area contributed by atoms with E-state index in [9.17, 15) is 4.79 Å². The van der Waals surface area contributed by atoms with Gasteiger partial charge in [0.1, 0.15) is 0 Å². The van der Waals surface area contributed by atoms with Crippen molar-refractivity contribution in [1.82, 2.24) is 0 Å². The van der Waals surface area contributed by atoms with Crippen LogP contribution in [0.25, 0.3) is 0 Å². The van der Waals surface area contributed by atoms with Crippen molar-refractivity contribution in [2.75, 3.05) is 11.1 Å². The highest BCUT2D eigenvalue weighted by Gasteiger charge is 2.09. The van der Waals surface area contributed by atoms with E-state index in [0.717, 1.165) is 0 Å². The lowest BCUT2D eigenvalue weighted by atomic mass is 10.2. The zero-order valence-electron chi connectivity index (χ0n) is 9.28. The number of halogens is 2. The van der Waals surface area contributed by atoms with Crippen molar-refractivity contribution in [1.29, 1.82) is 0 Å². The fourth-order valence-corrected chi connectivity index (χ4v) is 1.74. The maximum absolute atomic E-state index is 12.0. The average molecular weight is 281 g/mol. The van der Waals surface area contributed by atoms with Crippen LogP contribution in [-0.4, -0.2) is 5.91 Å².